The van der Waals surface area contributed by atoms with E-state index < -0.39 is 0 Å². The first kappa shape index (κ1) is 12.3. The highest BCUT2D eigenvalue weighted by molar-refractivity contribution is 9.10. The van der Waals surface area contributed by atoms with Crippen LogP contribution in [0, 0.1) is 0 Å². The predicted octanol–water partition coefficient (Wildman–Crippen LogP) is 4.40. The van der Waals surface area contributed by atoms with E-state index in [0.717, 1.165) is 32.5 Å². The summed E-state index contributed by atoms with van der Waals surface area (Å²) in [5, 5.41) is 5.02. The topological polar surface area (TPSA) is 24.4 Å². The van der Waals surface area contributed by atoms with Gasteiger partial charge in [-0.25, -0.2) is 0 Å². The Morgan fingerprint density at radius 1 is 1.62 bits per heavy atom. The minimum atomic E-state index is 0.461. The van der Waals surface area contributed by atoms with Gasteiger partial charge < -0.3 is 5.32 Å². The SMILES string of the molecule is CCC1CSC(Nc2ccc(Cl)c(Br)c2)=N1. The molecule has 0 radical (unpaired) electrons. The molecule has 86 valence electrons. The van der Waals surface area contributed by atoms with E-state index in [-0.39, 0.29) is 0 Å². The van der Waals surface area contributed by atoms with Gasteiger partial charge in [0.25, 0.3) is 0 Å². The fraction of sp³-hybridized carbons (Fsp3) is 0.364. The molecule has 5 heteroatoms. The number of anilines is 1. The summed E-state index contributed by atoms with van der Waals surface area (Å²) in [7, 11) is 0. The van der Waals surface area contributed by atoms with Crippen molar-refractivity contribution in [2.75, 3.05) is 11.1 Å². The lowest BCUT2D eigenvalue weighted by Gasteiger charge is -2.05. The van der Waals surface area contributed by atoms with Crippen molar-refractivity contribution in [2.24, 2.45) is 4.99 Å². The quantitative estimate of drug-likeness (QED) is 0.874. The first-order chi connectivity index (χ1) is 7.69. The van der Waals surface area contributed by atoms with E-state index in [2.05, 4.69) is 33.2 Å². The molecule has 0 saturated carbocycles. The Labute approximate surface area is 113 Å². The van der Waals surface area contributed by atoms with Crippen LogP contribution in [0.2, 0.25) is 5.02 Å². The summed E-state index contributed by atoms with van der Waals surface area (Å²) in [6.07, 6.45) is 1.10. The zero-order chi connectivity index (χ0) is 11.5. The number of hydrogen-bond donors (Lipinski definition) is 1. The smallest absolute Gasteiger partial charge is 0.161 e. The number of hydrogen-bond acceptors (Lipinski definition) is 3. The molecule has 0 saturated heterocycles. The standard InChI is InChI=1S/C11H12BrClN2S/c1-2-7-6-16-11(14-7)15-8-3-4-10(13)9(12)5-8/h3-5,7H,2,6H2,1H3,(H,14,15). The van der Waals surface area contributed by atoms with Crippen LogP contribution in [0.4, 0.5) is 5.69 Å². The number of nitrogens with zero attached hydrogens (tertiary/aromatic N) is 1. The number of benzene rings is 1. The number of nitrogens with one attached hydrogen (secondary N) is 1. The monoisotopic (exact) mass is 318 g/mol. The van der Waals surface area contributed by atoms with Crippen LogP contribution in [0.3, 0.4) is 0 Å². The van der Waals surface area contributed by atoms with Crippen molar-refractivity contribution >= 4 is 50.1 Å². The van der Waals surface area contributed by atoms with Gasteiger partial charge in [-0.2, -0.15) is 0 Å². The van der Waals surface area contributed by atoms with Gasteiger partial charge in [0.2, 0.25) is 0 Å². The van der Waals surface area contributed by atoms with Crippen molar-refractivity contribution in [3.8, 4) is 0 Å². The molecule has 0 amide bonds. The first-order valence-electron chi connectivity index (χ1n) is 5.11. The Morgan fingerprint density at radius 2 is 2.44 bits per heavy atom. The molecule has 1 atom stereocenters. The zero-order valence-electron chi connectivity index (χ0n) is 8.84. The van der Waals surface area contributed by atoms with Gasteiger partial charge in [0.05, 0.1) is 11.1 Å². The summed E-state index contributed by atoms with van der Waals surface area (Å²) in [5.41, 5.74) is 1.01. The molecule has 1 aliphatic heterocycles. The molecule has 1 N–H and O–H groups in total. The molecule has 1 aromatic carbocycles. The van der Waals surface area contributed by atoms with Gasteiger partial charge in [-0.3, -0.25) is 4.99 Å². The lowest BCUT2D eigenvalue weighted by Crippen LogP contribution is -2.05. The fourth-order valence-electron chi connectivity index (χ4n) is 1.39. The number of aliphatic imine (C=N–C) groups is 1. The van der Waals surface area contributed by atoms with E-state index in [1.807, 2.05) is 18.2 Å². The normalized spacial score (nSPS) is 19.7. The fourth-order valence-corrected chi connectivity index (χ4v) is 2.96. The molecule has 0 fully saturated rings. The molecule has 0 aromatic heterocycles. The van der Waals surface area contributed by atoms with Gasteiger partial charge in [-0.1, -0.05) is 30.3 Å². The van der Waals surface area contributed by atoms with Gasteiger partial charge in [0.15, 0.2) is 5.17 Å². The molecule has 1 heterocycles. The second kappa shape index (κ2) is 5.43. The van der Waals surface area contributed by atoms with Gasteiger partial charge in [-0.15, -0.1) is 0 Å². The van der Waals surface area contributed by atoms with E-state index in [9.17, 15) is 0 Å². The van der Waals surface area contributed by atoms with E-state index in [1.54, 1.807) is 11.8 Å². The van der Waals surface area contributed by atoms with Gasteiger partial charge in [0.1, 0.15) is 0 Å². The highest BCUT2D eigenvalue weighted by Gasteiger charge is 2.16. The second-order valence-electron chi connectivity index (χ2n) is 3.56. The third-order valence-electron chi connectivity index (χ3n) is 2.35. The van der Waals surface area contributed by atoms with Crippen molar-refractivity contribution < 1.29 is 0 Å². The molecule has 1 unspecified atom stereocenters. The van der Waals surface area contributed by atoms with E-state index >= 15 is 0 Å². The van der Waals surface area contributed by atoms with Crippen molar-refractivity contribution in [2.45, 2.75) is 19.4 Å². The minimum absolute atomic E-state index is 0.461. The molecule has 0 aliphatic carbocycles. The number of amidine groups is 1. The van der Waals surface area contributed by atoms with Crippen LogP contribution in [0.1, 0.15) is 13.3 Å². The minimum Gasteiger partial charge on any atom is -0.335 e. The van der Waals surface area contributed by atoms with Gasteiger partial charge in [-0.05, 0) is 40.5 Å². The lowest BCUT2D eigenvalue weighted by atomic mass is 10.3. The van der Waals surface area contributed by atoms with Gasteiger partial charge >= 0.3 is 0 Å². The first-order valence-corrected chi connectivity index (χ1v) is 7.27. The molecule has 0 bridgehead atoms. The van der Waals surface area contributed by atoms with Crippen LogP contribution < -0.4 is 5.32 Å². The van der Waals surface area contributed by atoms with Crippen molar-refractivity contribution in [1.29, 1.82) is 0 Å². The summed E-state index contributed by atoms with van der Waals surface area (Å²) in [6.45, 7) is 2.16. The van der Waals surface area contributed by atoms with E-state index in [4.69, 9.17) is 11.6 Å². The summed E-state index contributed by atoms with van der Waals surface area (Å²) < 4.78 is 0.898. The van der Waals surface area contributed by atoms with Crippen LogP contribution in [0.5, 0.6) is 0 Å². The summed E-state index contributed by atoms with van der Waals surface area (Å²) >= 11 is 11.1. The Kier molecular flexibility index (Phi) is 4.16. The maximum Gasteiger partial charge on any atom is 0.161 e. The van der Waals surface area contributed by atoms with Crippen LogP contribution >= 0.6 is 39.3 Å². The number of halogens is 2. The summed E-state index contributed by atoms with van der Waals surface area (Å²) in [4.78, 5) is 4.57. The third-order valence-corrected chi connectivity index (χ3v) is 4.60. The van der Waals surface area contributed by atoms with E-state index in [1.165, 1.54) is 0 Å². The average Bonchev–Trinajstić information content (AvgIpc) is 2.71. The zero-order valence-corrected chi connectivity index (χ0v) is 12.0. The molecular formula is C11H12BrClN2S. The Bertz CT molecular complexity index is 422. The maximum atomic E-state index is 5.93. The molecule has 16 heavy (non-hydrogen) atoms. The van der Waals surface area contributed by atoms with Crippen molar-refractivity contribution in [1.82, 2.24) is 0 Å². The van der Waals surface area contributed by atoms with Crippen LogP contribution in [0.25, 0.3) is 0 Å². The Hall–Kier alpha value is -0.190. The van der Waals surface area contributed by atoms with Crippen molar-refractivity contribution in [3.63, 3.8) is 0 Å². The van der Waals surface area contributed by atoms with Crippen molar-refractivity contribution in [3.05, 3.63) is 27.7 Å². The molecule has 2 rings (SSSR count). The molecular weight excluding hydrogens is 308 g/mol. The van der Waals surface area contributed by atoms with Gasteiger partial charge in [0, 0.05) is 15.9 Å². The molecule has 1 aromatic rings. The van der Waals surface area contributed by atoms with Crippen LogP contribution in [-0.4, -0.2) is 17.0 Å². The number of rotatable bonds is 2. The largest absolute Gasteiger partial charge is 0.335 e. The third kappa shape index (κ3) is 2.93. The lowest BCUT2D eigenvalue weighted by molar-refractivity contribution is 0.738. The van der Waals surface area contributed by atoms with Crippen LogP contribution in [-0.2, 0) is 0 Å². The Balaban J connectivity index is 2.07. The highest BCUT2D eigenvalue weighted by atomic mass is 79.9. The summed E-state index contributed by atoms with van der Waals surface area (Å²) in [5.74, 6) is 1.08. The molecule has 0 spiro atoms. The maximum absolute atomic E-state index is 5.93. The predicted molar refractivity (Wildman–Crippen MR) is 76.7 cm³/mol. The Morgan fingerprint density at radius 3 is 3.06 bits per heavy atom. The van der Waals surface area contributed by atoms with Crippen LogP contribution in [0.15, 0.2) is 27.7 Å². The molecule has 2 nitrogen and oxygen atoms in total. The second-order valence-corrected chi connectivity index (χ2v) is 5.83. The number of thioether (sulfide) groups is 1. The summed E-state index contributed by atoms with van der Waals surface area (Å²) in [6, 6.07) is 6.24. The average molecular weight is 320 g/mol. The molecule has 1 aliphatic rings. The van der Waals surface area contributed by atoms with E-state index in [0.29, 0.717) is 6.04 Å². The highest BCUT2D eigenvalue weighted by Crippen LogP contribution is 2.27.